The largest absolute Gasteiger partial charge is 0.302 e. The molecule has 1 aromatic heterocycles. The Kier molecular flexibility index (Phi) is 6.45. The van der Waals surface area contributed by atoms with Crippen LogP contribution in [-0.2, 0) is 37.5 Å². The third kappa shape index (κ3) is 4.90. The van der Waals surface area contributed by atoms with Gasteiger partial charge in [-0.3, -0.25) is 4.79 Å². The van der Waals surface area contributed by atoms with Gasteiger partial charge in [-0.1, -0.05) is 6.92 Å². The number of anilines is 1. The van der Waals surface area contributed by atoms with Gasteiger partial charge in [-0.05, 0) is 62.3 Å². The summed E-state index contributed by atoms with van der Waals surface area (Å²) in [5.74, 6) is 0.257. The summed E-state index contributed by atoms with van der Waals surface area (Å²) in [5.41, 5.74) is 1.09. The molecule has 1 aliphatic heterocycles. The highest BCUT2D eigenvalue weighted by molar-refractivity contribution is 7.90. The molecule has 8 nitrogen and oxygen atoms in total. The number of thiazole rings is 1. The minimum Gasteiger partial charge on any atom is -0.302 e. The number of aromatic nitrogens is 1. The van der Waals surface area contributed by atoms with Gasteiger partial charge in [0, 0.05) is 30.1 Å². The Morgan fingerprint density at radius 1 is 1.06 bits per heavy atom. The minimum absolute atomic E-state index is 0.0513. The second kappa shape index (κ2) is 8.85. The second-order valence-corrected chi connectivity index (χ2v) is 13.7. The number of rotatable bonds is 5. The van der Waals surface area contributed by atoms with Gasteiger partial charge in [0.1, 0.15) is 0 Å². The number of piperidine rings is 1. The van der Waals surface area contributed by atoms with Gasteiger partial charge in [0.2, 0.25) is 15.9 Å². The Morgan fingerprint density at radius 3 is 2.31 bits per heavy atom. The van der Waals surface area contributed by atoms with E-state index in [1.165, 1.54) is 33.4 Å². The van der Waals surface area contributed by atoms with E-state index in [-0.39, 0.29) is 34.7 Å². The zero-order chi connectivity index (χ0) is 23.1. The lowest BCUT2D eigenvalue weighted by Crippen LogP contribution is -2.41. The van der Waals surface area contributed by atoms with Crippen LogP contribution in [0.1, 0.15) is 36.8 Å². The van der Waals surface area contributed by atoms with E-state index in [2.05, 4.69) is 17.2 Å². The molecule has 0 saturated carbocycles. The van der Waals surface area contributed by atoms with Crippen LogP contribution in [-0.4, -0.2) is 51.4 Å². The molecule has 2 aliphatic rings. The van der Waals surface area contributed by atoms with Crippen LogP contribution in [0, 0.1) is 11.8 Å². The molecule has 1 N–H and O–H groups in total. The fraction of sp³-hybridized carbons (Fsp3) is 0.524. The molecule has 32 heavy (non-hydrogen) atoms. The van der Waals surface area contributed by atoms with E-state index in [0.717, 1.165) is 31.2 Å². The molecule has 11 heteroatoms. The number of amides is 1. The number of benzene rings is 1. The van der Waals surface area contributed by atoms with Gasteiger partial charge in [0.15, 0.2) is 15.0 Å². The molecular weight excluding hydrogens is 470 g/mol. The maximum Gasteiger partial charge on any atom is 0.243 e. The smallest absolute Gasteiger partial charge is 0.243 e. The summed E-state index contributed by atoms with van der Waals surface area (Å²) in [5, 5.41) is 3.57. The quantitative estimate of drug-likeness (QED) is 0.680. The molecule has 1 saturated heterocycles. The van der Waals surface area contributed by atoms with Crippen LogP contribution in [0.25, 0.3) is 0 Å². The van der Waals surface area contributed by atoms with Crippen molar-refractivity contribution in [2.45, 2.75) is 48.8 Å². The van der Waals surface area contributed by atoms with E-state index in [9.17, 15) is 21.6 Å². The first-order valence-corrected chi connectivity index (χ1v) is 14.8. The Labute approximate surface area is 193 Å². The number of carbonyl (C=O) groups excluding carboxylic acids is 1. The number of hydrogen-bond acceptors (Lipinski definition) is 7. The van der Waals surface area contributed by atoms with Crippen LogP contribution in [0.4, 0.5) is 5.13 Å². The maximum atomic E-state index is 12.9. The van der Waals surface area contributed by atoms with Gasteiger partial charge in [-0.2, -0.15) is 4.31 Å². The van der Waals surface area contributed by atoms with Crippen molar-refractivity contribution in [3.05, 3.63) is 34.8 Å². The van der Waals surface area contributed by atoms with Crippen molar-refractivity contribution in [3.8, 4) is 0 Å². The Hall–Kier alpha value is -1.82. The molecule has 0 bridgehead atoms. The standard InChI is InChI=1S/C21H27N3O5S3/c1-14-3-8-18-19(13-14)30-21(22-18)23-20(25)15-9-11-24(12-10-15)32(28,29)17-6-4-16(5-7-17)31(2,26)27/h4-7,14-15H,3,8-13H2,1-2H3,(H,22,23,25). The summed E-state index contributed by atoms with van der Waals surface area (Å²) in [7, 11) is -7.14. The summed E-state index contributed by atoms with van der Waals surface area (Å²) in [6, 6.07) is 5.23. The normalized spacial score (nSPS) is 20.6. The summed E-state index contributed by atoms with van der Waals surface area (Å²) in [6.45, 7) is 2.70. The van der Waals surface area contributed by atoms with E-state index in [0.29, 0.717) is 23.9 Å². The van der Waals surface area contributed by atoms with Crippen LogP contribution in [0.5, 0.6) is 0 Å². The van der Waals surface area contributed by atoms with E-state index < -0.39 is 19.9 Å². The van der Waals surface area contributed by atoms with Gasteiger partial charge >= 0.3 is 0 Å². The van der Waals surface area contributed by atoms with Gasteiger partial charge in [-0.15, -0.1) is 11.3 Å². The molecule has 2 aromatic rings. The molecule has 1 aliphatic carbocycles. The lowest BCUT2D eigenvalue weighted by Gasteiger charge is -2.30. The molecule has 174 valence electrons. The van der Waals surface area contributed by atoms with Crippen LogP contribution in [0.2, 0.25) is 0 Å². The molecule has 0 radical (unpaired) electrons. The van der Waals surface area contributed by atoms with Crippen LogP contribution in [0.3, 0.4) is 0 Å². The highest BCUT2D eigenvalue weighted by Gasteiger charge is 2.33. The lowest BCUT2D eigenvalue weighted by molar-refractivity contribution is -0.120. The van der Waals surface area contributed by atoms with Crippen LogP contribution < -0.4 is 5.32 Å². The highest BCUT2D eigenvalue weighted by atomic mass is 32.2. The number of hydrogen-bond donors (Lipinski definition) is 1. The fourth-order valence-corrected chi connectivity index (χ4v) is 7.44. The summed E-state index contributed by atoms with van der Waals surface area (Å²) in [4.78, 5) is 18.7. The second-order valence-electron chi connectivity index (χ2n) is 8.65. The summed E-state index contributed by atoms with van der Waals surface area (Å²) in [6.07, 6.45) is 5.00. The first-order valence-electron chi connectivity index (χ1n) is 10.6. The van der Waals surface area contributed by atoms with Crippen molar-refractivity contribution in [3.63, 3.8) is 0 Å². The topological polar surface area (TPSA) is 114 Å². The SMILES string of the molecule is CC1CCc2nc(NC(=O)C3CCN(S(=O)(=O)c4ccc(S(C)(=O)=O)cc4)CC3)sc2C1. The molecule has 4 rings (SSSR count). The summed E-state index contributed by atoms with van der Waals surface area (Å²) < 4.78 is 50.4. The lowest BCUT2D eigenvalue weighted by atomic mass is 9.93. The molecule has 1 unspecified atom stereocenters. The van der Waals surface area contributed by atoms with Gasteiger partial charge in [-0.25, -0.2) is 21.8 Å². The third-order valence-electron chi connectivity index (χ3n) is 6.13. The van der Waals surface area contributed by atoms with Crippen molar-refractivity contribution >= 4 is 42.2 Å². The average molecular weight is 498 g/mol. The molecule has 1 amide bonds. The number of sulfone groups is 1. The Bertz CT molecular complexity index is 1210. The maximum absolute atomic E-state index is 12.9. The first kappa shape index (κ1) is 23.3. The predicted molar refractivity (Wildman–Crippen MR) is 123 cm³/mol. The molecular formula is C21H27N3O5S3. The number of nitrogens with zero attached hydrogens (tertiary/aromatic N) is 2. The number of nitrogens with one attached hydrogen (secondary N) is 1. The van der Waals surface area contributed by atoms with E-state index in [4.69, 9.17) is 0 Å². The third-order valence-corrected chi connectivity index (χ3v) is 10.2. The highest BCUT2D eigenvalue weighted by Crippen LogP contribution is 2.33. The van der Waals surface area contributed by atoms with Crippen molar-refractivity contribution in [1.29, 1.82) is 0 Å². The molecule has 2 heterocycles. The van der Waals surface area contributed by atoms with Gasteiger partial charge < -0.3 is 5.32 Å². The monoisotopic (exact) mass is 497 g/mol. The zero-order valence-corrected chi connectivity index (χ0v) is 20.5. The molecule has 1 atom stereocenters. The Morgan fingerprint density at radius 2 is 1.69 bits per heavy atom. The van der Waals surface area contributed by atoms with Gasteiger partial charge in [0.25, 0.3) is 0 Å². The minimum atomic E-state index is -3.74. The van der Waals surface area contributed by atoms with Gasteiger partial charge in [0.05, 0.1) is 15.5 Å². The molecule has 1 aromatic carbocycles. The average Bonchev–Trinajstić information content (AvgIpc) is 3.14. The number of aryl methyl sites for hydroxylation is 1. The zero-order valence-electron chi connectivity index (χ0n) is 18.1. The van der Waals surface area contributed by atoms with E-state index >= 15 is 0 Å². The Balaban J connectivity index is 1.36. The predicted octanol–water partition coefficient (Wildman–Crippen LogP) is 2.71. The number of fused-ring (bicyclic) bond motifs is 1. The first-order chi connectivity index (χ1) is 15.0. The van der Waals surface area contributed by atoms with Crippen molar-refractivity contribution in [1.82, 2.24) is 9.29 Å². The van der Waals surface area contributed by atoms with Crippen LogP contribution >= 0.6 is 11.3 Å². The van der Waals surface area contributed by atoms with Crippen molar-refractivity contribution < 1.29 is 21.6 Å². The van der Waals surface area contributed by atoms with Crippen molar-refractivity contribution in [2.75, 3.05) is 24.7 Å². The fourth-order valence-electron chi connectivity index (χ4n) is 4.17. The number of carbonyl (C=O) groups is 1. The van der Waals surface area contributed by atoms with Crippen LogP contribution in [0.15, 0.2) is 34.1 Å². The van der Waals surface area contributed by atoms with E-state index in [1.54, 1.807) is 11.3 Å². The molecule has 0 spiro atoms. The van der Waals surface area contributed by atoms with Crippen molar-refractivity contribution in [2.24, 2.45) is 11.8 Å². The molecule has 1 fully saturated rings. The number of sulfonamides is 1. The van der Waals surface area contributed by atoms with E-state index in [1.807, 2.05) is 0 Å². The summed E-state index contributed by atoms with van der Waals surface area (Å²) >= 11 is 1.54.